The quantitative estimate of drug-likeness (QED) is 0.506. The molecule has 0 radical (unpaired) electrons. The highest BCUT2D eigenvalue weighted by Crippen LogP contribution is 2.47. The standard InChI is InChI=1S/C24H35N3O3S2/c1-6-31-13-15-7-12-18-19(15)20-21(25-14-26-22(20)32-18)29-17-10-8-16(9-11-17)27(5)23(28)30-24(2,3)4/h14-17H,6-13H2,1-5H3/t15?,16-,17-. The zero-order chi connectivity index (χ0) is 22.9. The zero-order valence-electron chi connectivity index (χ0n) is 19.8. The van der Waals surface area contributed by atoms with Crippen molar-refractivity contribution in [1.82, 2.24) is 14.9 Å². The minimum absolute atomic E-state index is 0.122. The van der Waals surface area contributed by atoms with E-state index in [0.29, 0.717) is 5.92 Å². The Hall–Kier alpha value is -1.54. The fourth-order valence-corrected chi connectivity index (χ4v) is 6.83. The maximum absolute atomic E-state index is 12.4. The molecule has 0 aromatic carbocycles. The van der Waals surface area contributed by atoms with Crippen LogP contribution in [-0.2, 0) is 11.2 Å². The lowest BCUT2D eigenvalue weighted by Gasteiger charge is -2.35. The van der Waals surface area contributed by atoms with Crippen molar-refractivity contribution in [2.24, 2.45) is 0 Å². The highest BCUT2D eigenvalue weighted by Gasteiger charge is 2.33. The number of amides is 1. The highest BCUT2D eigenvalue weighted by molar-refractivity contribution is 7.99. The molecule has 32 heavy (non-hydrogen) atoms. The van der Waals surface area contributed by atoms with Crippen LogP contribution in [0.4, 0.5) is 4.79 Å². The van der Waals surface area contributed by atoms with Crippen molar-refractivity contribution < 1.29 is 14.3 Å². The second-order valence-electron chi connectivity index (χ2n) is 9.83. The number of hydrogen-bond donors (Lipinski definition) is 0. The Morgan fingerprint density at radius 2 is 1.97 bits per heavy atom. The fraction of sp³-hybridized carbons (Fsp3) is 0.708. The van der Waals surface area contributed by atoms with Gasteiger partial charge in [0.1, 0.15) is 22.9 Å². The molecule has 0 aliphatic heterocycles. The molecule has 0 saturated heterocycles. The van der Waals surface area contributed by atoms with Crippen LogP contribution in [0, 0.1) is 0 Å². The SMILES string of the molecule is CCSCC1CCc2sc3ncnc(O[C@H]4CC[C@H](N(C)C(=O)OC(C)(C)C)CC4)c3c21. The number of nitrogens with zero attached hydrogens (tertiary/aromatic N) is 3. The molecule has 176 valence electrons. The van der Waals surface area contributed by atoms with Crippen molar-refractivity contribution in [2.45, 2.75) is 89.9 Å². The summed E-state index contributed by atoms with van der Waals surface area (Å²) >= 11 is 3.82. The van der Waals surface area contributed by atoms with Crippen molar-refractivity contribution in [1.29, 1.82) is 0 Å². The van der Waals surface area contributed by atoms with Gasteiger partial charge in [-0.05, 0) is 76.5 Å². The third kappa shape index (κ3) is 5.16. The van der Waals surface area contributed by atoms with Gasteiger partial charge in [0, 0.05) is 23.7 Å². The Balaban J connectivity index is 1.43. The molecular formula is C24H35N3O3S2. The van der Waals surface area contributed by atoms with Crippen LogP contribution in [-0.4, -0.2) is 57.3 Å². The van der Waals surface area contributed by atoms with Gasteiger partial charge in [0.15, 0.2) is 0 Å². The molecule has 0 spiro atoms. The number of thioether (sulfide) groups is 1. The molecule has 1 saturated carbocycles. The average molecular weight is 478 g/mol. The van der Waals surface area contributed by atoms with Gasteiger partial charge in [0.25, 0.3) is 0 Å². The van der Waals surface area contributed by atoms with Crippen LogP contribution >= 0.6 is 23.1 Å². The van der Waals surface area contributed by atoms with Gasteiger partial charge in [0.05, 0.1) is 5.39 Å². The zero-order valence-corrected chi connectivity index (χ0v) is 21.5. The van der Waals surface area contributed by atoms with Crippen LogP contribution in [0.3, 0.4) is 0 Å². The van der Waals surface area contributed by atoms with Crippen molar-refractivity contribution in [3.63, 3.8) is 0 Å². The first-order valence-corrected chi connectivity index (χ1v) is 13.7. The molecule has 1 unspecified atom stereocenters. The van der Waals surface area contributed by atoms with Crippen molar-refractivity contribution in [3.8, 4) is 5.88 Å². The first kappa shape index (κ1) is 23.6. The van der Waals surface area contributed by atoms with Crippen molar-refractivity contribution >= 4 is 39.4 Å². The van der Waals surface area contributed by atoms with Gasteiger partial charge in [-0.25, -0.2) is 14.8 Å². The van der Waals surface area contributed by atoms with Crippen molar-refractivity contribution in [2.75, 3.05) is 18.6 Å². The summed E-state index contributed by atoms with van der Waals surface area (Å²) in [7, 11) is 1.84. The summed E-state index contributed by atoms with van der Waals surface area (Å²) in [6.45, 7) is 7.93. The summed E-state index contributed by atoms with van der Waals surface area (Å²) in [6.07, 6.45) is 7.52. The summed E-state index contributed by atoms with van der Waals surface area (Å²) in [5.74, 6) is 3.64. The van der Waals surface area contributed by atoms with Gasteiger partial charge < -0.3 is 14.4 Å². The molecular weight excluding hydrogens is 442 g/mol. The third-order valence-corrected chi connectivity index (χ3v) is 8.59. The van der Waals surface area contributed by atoms with Gasteiger partial charge in [-0.1, -0.05) is 6.92 Å². The Morgan fingerprint density at radius 3 is 2.66 bits per heavy atom. The Labute approximate surface area is 199 Å². The van der Waals surface area contributed by atoms with Gasteiger partial charge in [0.2, 0.25) is 5.88 Å². The van der Waals surface area contributed by atoms with E-state index in [1.165, 1.54) is 16.9 Å². The van der Waals surface area contributed by atoms with Crippen LogP contribution in [0.15, 0.2) is 6.33 Å². The van der Waals surface area contributed by atoms with E-state index < -0.39 is 5.60 Å². The molecule has 2 aromatic rings. The number of rotatable bonds is 6. The second-order valence-corrected chi connectivity index (χ2v) is 12.2. The van der Waals surface area contributed by atoms with Gasteiger partial charge in [-0.15, -0.1) is 11.3 Å². The first-order valence-electron chi connectivity index (χ1n) is 11.7. The summed E-state index contributed by atoms with van der Waals surface area (Å²) in [5, 5.41) is 1.15. The largest absolute Gasteiger partial charge is 0.474 e. The summed E-state index contributed by atoms with van der Waals surface area (Å²) in [4.78, 5) is 25.8. The lowest BCUT2D eigenvalue weighted by molar-refractivity contribution is 0.0138. The second kappa shape index (κ2) is 9.75. The molecule has 1 amide bonds. The molecule has 6 nitrogen and oxygen atoms in total. The maximum Gasteiger partial charge on any atom is 0.410 e. The molecule has 0 N–H and O–H groups in total. The number of aromatic nitrogens is 2. The van der Waals surface area contributed by atoms with E-state index >= 15 is 0 Å². The summed E-state index contributed by atoms with van der Waals surface area (Å²) in [6, 6.07) is 0.191. The van der Waals surface area contributed by atoms with Gasteiger partial charge in [-0.2, -0.15) is 11.8 Å². The van der Waals surface area contributed by atoms with E-state index in [0.717, 1.165) is 59.7 Å². The molecule has 2 aliphatic rings. The van der Waals surface area contributed by atoms with Crippen LogP contribution in [0.5, 0.6) is 5.88 Å². The molecule has 2 heterocycles. The molecule has 1 fully saturated rings. The number of carbonyl (C=O) groups is 1. The number of fused-ring (bicyclic) bond motifs is 3. The number of ether oxygens (including phenoxy) is 2. The lowest BCUT2D eigenvalue weighted by atomic mass is 9.92. The summed E-state index contributed by atoms with van der Waals surface area (Å²) in [5.41, 5.74) is 0.970. The minimum Gasteiger partial charge on any atom is -0.474 e. The smallest absolute Gasteiger partial charge is 0.410 e. The number of aryl methyl sites for hydroxylation is 1. The predicted octanol–water partition coefficient (Wildman–Crippen LogP) is 6.03. The Bertz CT molecular complexity index is 948. The molecule has 0 bridgehead atoms. The van der Waals surface area contributed by atoms with Crippen LogP contribution < -0.4 is 4.74 Å². The normalized spacial score (nSPS) is 23.2. The average Bonchev–Trinajstić information content (AvgIpc) is 3.30. The predicted molar refractivity (Wildman–Crippen MR) is 132 cm³/mol. The monoisotopic (exact) mass is 477 g/mol. The fourth-order valence-electron chi connectivity index (χ4n) is 4.75. The van der Waals surface area contributed by atoms with Crippen LogP contribution in [0.25, 0.3) is 10.2 Å². The highest BCUT2D eigenvalue weighted by atomic mass is 32.2. The topological polar surface area (TPSA) is 64.6 Å². The molecule has 2 aliphatic carbocycles. The number of hydrogen-bond acceptors (Lipinski definition) is 7. The van der Waals surface area contributed by atoms with E-state index in [4.69, 9.17) is 9.47 Å². The molecule has 2 aromatic heterocycles. The maximum atomic E-state index is 12.4. The van der Waals surface area contributed by atoms with Gasteiger partial charge in [-0.3, -0.25) is 0 Å². The lowest BCUT2D eigenvalue weighted by Crippen LogP contribution is -2.43. The van der Waals surface area contributed by atoms with E-state index in [9.17, 15) is 4.79 Å². The number of carbonyl (C=O) groups excluding carboxylic acids is 1. The van der Waals surface area contributed by atoms with Gasteiger partial charge >= 0.3 is 6.09 Å². The van der Waals surface area contributed by atoms with Crippen LogP contribution in [0.2, 0.25) is 0 Å². The summed E-state index contributed by atoms with van der Waals surface area (Å²) < 4.78 is 12.0. The molecule has 4 rings (SSSR count). The van der Waals surface area contributed by atoms with E-state index in [1.54, 1.807) is 11.2 Å². The molecule has 1 atom stereocenters. The Kier molecular flexibility index (Phi) is 7.20. The van der Waals surface area contributed by atoms with Crippen molar-refractivity contribution in [3.05, 3.63) is 16.8 Å². The van der Waals surface area contributed by atoms with E-state index in [-0.39, 0.29) is 18.2 Å². The Morgan fingerprint density at radius 1 is 1.22 bits per heavy atom. The molecule has 8 heteroatoms. The first-order chi connectivity index (χ1) is 15.3. The van der Waals surface area contributed by atoms with E-state index in [2.05, 4.69) is 16.9 Å². The third-order valence-electron chi connectivity index (χ3n) is 6.37. The van der Waals surface area contributed by atoms with Crippen LogP contribution in [0.1, 0.15) is 76.2 Å². The van der Waals surface area contributed by atoms with E-state index in [1.807, 2.05) is 50.9 Å². The minimum atomic E-state index is -0.474. The number of thiophene rings is 1.